The second-order valence-corrected chi connectivity index (χ2v) is 8.42. The van der Waals surface area contributed by atoms with E-state index >= 15 is 0 Å². The minimum Gasteiger partial charge on any atom is -0.497 e. The van der Waals surface area contributed by atoms with Gasteiger partial charge in [0.1, 0.15) is 5.75 Å². The van der Waals surface area contributed by atoms with Crippen molar-refractivity contribution in [3.8, 4) is 5.75 Å². The fourth-order valence-electron chi connectivity index (χ4n) is 3.82. The van der Waals surface area contributed by atoms with Gasteiger partial charge in [0.2, 0.25) is 0 Å². The van der Waals surface area contributed by atoms with Crippen molar-refractivity contribution < 1.29 is 9.47 Å². The summed E-state index contributed by atoms with van der Waals surface area (Å²) in [7, 11) is 1.71. The quantitative estimate of drug-likeness (QED) is 0.660. The number of rotatable bonds is 7. The van der Waals surface area contributed by atoms with Gasteiger partial charge in [-0.1, -0.05) is 12.1 Å². The SMILES string of the molecule is COc1ccc([C@H](CNCc2c(C)nc3sc(C)cn23)N2CCOCC2)cc1. The van der Waals surface area contributed by atoms with E-state index in [1.54, 1.807) is 18.4 Å². The molecule has 1 N–H and O–H groups in total. The Hall–Kier alpha value is -1.93. The number of methoxy groups -OCH3 is 1. The van der Waals surface area contributed by atoms with Crippen molar-refractivity contribution in [2.75, 3.05) is 40.0 Å². The first-order valence-electron chi connectivity index (χ1n) is 9.76. The molecule has 150 valence electrons. The van der Waals surface area contributed by atoms with Gasteiger partial charge in [0.05, 0.1) is 31.7 Å². The molecule has 1 aromatic carbocycles. The van der Waals surface area contributed by atoms with E-state index in [0.29, 0.717) is 6.04 Å². The fraction of sp³-hybridized carbons (Fsp3) is 0.476. The fourth-order valence-corrected chi connectivity index (χ4v) is 4.71. The molecule has 1 aliphatic rings. The number of ether oxygens (including phenoxy) is 2. The van der Waals surface area contributed by atoms with Crippen LogP contribution in [0.1, 0.15) is 27.9 Å². The van der Waals surface area contributed by atoms with Gasteiger partial charge in [-0.3, -0.25) is 9.30 Å². The minimum atomic E-state index is 0.308. The number of hydrogen-bond acceptors (Lipinski definition) is 6. The molecule has 2 aromatic heterocycles. The monoisotopic (exact) mass is 400 g/mol. The molecule has 0 saturated carbocycles. The Bertz CT molecular complexity index is 913. The van der Waals surface area contributed by atoms with Gasteiger partial charge in [-0.05, 0) is 31.5 Å². The zero-order valence-corrected chi connectivity index (χ0v) is 17.6. The van der Waals surface area contributed by atoms with E-state index in [1.165, 1.54) is 16.1 Å². The molecule has 0 spiro atoms. The summed E-state index contributed by atoms with van der Waals surface area (Å²) in [6, 6.07) is 8.74. The van der Waals surface area contributed by atoms with Gasteiger partial charge >= 0.3 is 0 Å². The molecule has 0 aliphatic carbocycles. The number of hydrogen-bond donors (Lipinski definition) is 1. The maximum Gasteiger partial charge on any atom is 0.194 e. The van der Waals surface area contributed by atoms with E-state index in [9.17, 15) is 0 Å². The summed E-state index contributed by atoms with van der Waals surface area (Å²) in [6.07, 6.45) is 2.18. The summed E-state index contributed by atoms with van der Waals surface area (Å²) in [5.74, 6) is 0.891. The zero-order chi connectivity index (χ0) is 19.5. The molecular weight excluding hydrogens is 372 g/mol. The van der Waals surface area contributed by atoms with Crippen LogP contribution < -0.4 is 10.1 Å². The van der Waals surface area contributed by atoms with Crippen LogP contribution in [0.3, 0.4) is 0 Å². The normalized spacial score (nSPS) is 16.5. The van der Waals surface area contributed by atoms with Crippen molar-refractivity contribution in [2.24, 2.45) is 0 Å². The van der Waals surface area contributed by atoms with Gasteiger partial charge in [-0.25, -0.2) is 4.98 Å². The molecule has 7 heteroatoms. The number of nitrogens with zero attached hydrogens (tertiary/aromatic N) is 3. The molecule has 28 heavy (non-hydrogen) atoms. The first-order valence-corrected chi connectivity index (χ1v) is 10.6. The van der Waals surface area contributed by atoms with Crippen molar-refractivity contribution in [2.45, 2.75) is 26.4 Å². The summed E-state index contributed by atoms with van der Waals surface area (Å²) < 4.78 is 13.1. The molecule has 1 atom stereocenters. The molecule has 0 unspecified atom stereocenters. The first kappa shape index (κ1) is 19.4. The van der Waals surface area contributed by atoms with Crippen LogP contribution in [0.15, 0.2) is 30.5 Å². The van der Waals surface area contributed by atoms with Gasteiger partial charge in [0, 0.05) is 43.3 Å². The lowest BCUT2D eigenvalue weighted by atomic mass is 10.0. The number of fused-ring (bicyclic) bond motifs is 1. The highest BCUT2D eigenvalue weighted by molar-refractivity contribution is 7.17. The van der Waals surface area contributed by atoms with Crippen LogP contribution >= 0.6 is 11.3 Å². The van der Waals surface area contributed by atoms with E-state index in [0.717, 1.165) is 55.8 Å². The maximum atomic E-state index is 5.56. The Labute approximate surface area is 170 Å². The lowest BCUT2D eigenvalue weighted by Gasteiger charge is -2.35. The van der Waals surface area contributed by atoms with Crippen molar-refractivity contribution in [3.05, 3.63) is 52.3 Å². The predicted octanol–water partition coefficient (Wildman–Crippen LogP) is 3.18. The third-order valence-electron chi connectivity index (χ3n) is 5.36. The number of aryl methyl sites for hydroxylation is 2. The smallest absolute Gasteiger partial charge is 0.194 e. The van der Waals surface area contributed by atoms with E-state index < -0.39 is 0 Å². The summed E-state index contributed by atoms with van der Waals surface area (Å²) in [5, 5.41) is 3.68. The van der Waals surface area contributed by atoms with Gasteiger partial charge in [-0.15, -0.1) is 11.3 Å². The number of morpholine rings is 1. The highest BCUT2D eigenvalue weighted by atomic mass is 32.1. The number of imidazole rings is 1. The molecule has 1 aliphatic heterocycles. The lowest BCUT2D eigenvalue weighted by molar-refractivity contribution is 0.0160. The molecule has 3 aromatic rings. The highest BCUT2D eigenvalue weighted by Crippen LogP contribution is 2.24. The first-order chi connectivity index (χ1) is 13.7. The molecule has 6 nitrogen and oxygen atoms in total. The zero-order valence-electron chi connectivity index (χ0n) is 16.8. The van der Waals surface area contributed by atoms with E-state index in [2.05, 4.69) is 46.8 Å². The van der Waals surface area contributed by atoms with E-state index in [-0.39, 0.29) is 0 Å². The van der Waals surface area contributed by atoms with E-state index in [4.69, 9.17) is 14.5 Å². The summed E-state index contributed by atoms with van der Waals surface area (Å²) in [4.78, 5) is 9.57. The van der Waals surface area contributed by atoms with Crippen molar-refractivity contribution in [3.63, 3.8) is 0 Å². The van der Waals surface area contributed by atoms with Crippen LogP contribution in [0, 0.1) is 13.8 Å². The average molecular weight is 401 g/mol. The summed E-state index contributed by atoms with van der Waals surface area (Å²) >= 11 is 1.74. The second kappa shape index (κ2) is 8.61. The Morgan fingerprint density at radius 1 is 1.21 bits per heavy atom. The number of thiazole rings is 1. The van der Waals surface area contributed by atoms with Gasteiger partial charge in [0.15, 0.2) is 4.96 Å². The van der Waals surface area contributed by atoms with Crippen molar-refractivity contribution >= 4 is 16.3 Å². The van der Waals surface area contributed by atoms with Crippen LogP contribution in [-0.2, 0) is 11.3 Å². The molecule has 4 rings (SSSR count). The molecular formula is C21H28N4O2S. The standard InChI is InChI=1S/C21H28N4O2S/c1-15-14-25-19(16(2)23-21(25)28-15)12-22-13-20(24-8-10-27-11-9-24)17-4-6-18(26-3)7-5-17/h4-7,14,20,22H,8-13H2,1-3H3/t20-/m0/s1. The topological polar surface area (TPSA) is 51.0 Å². The Morgan fingerprint density at radius 3 is 2.68 bits per heavy atom. The lowest BCUT2D eigenvalue weighted by Crippen LogP contribution is -2.42. The predicted molar refractivity (Wildman–Crippen MR) is 112 cm³/mol. The molecule has 0 radical (unpaired) electrons. The second-order valence-electron chi connectivity index (χ2n) is 7.21. The van der Waals surface area contributed by atoms with Crippen LogP contribution in [0.25, 0.3) is 4.96 Å². The minimum absolute atomic E-state index is 0.308. The molecule has 3 heterocycles. The van der Waals surface area contributed by atoms with E-state index in [1.807, 2.05) is 12.1 Å². The van der Waals surface area contributed by atoms with Crippen LogP contribution in [0.4, 0.5) is 0 Å². The maximum absolute atomic E-state index is 5.56. The van der Waals surface area contributed by atoms with Crippen LogP contribution in [0.5, 0.6) is 5.75 Å². The largest absolute Gasteiger partial charge is 0.497 e. The van der Waals surface area contributed by atoms with Gasteiger partial charge < -0.3 is 14.8 Å². The molecule has 1 fully saturated rings. The van der Waals surface area contributed by atoms with Crippen molar-refractivity contribution in [1.82, 2.24) is 19.6 Å². The number of benzene rings is 1. The number of nitrogens with one attached hydrogen (secondary N) is 1. The van der Waals surface area contributed by atoms with Crippen molar-refractivity contribution in [1.29, 1.82) is 0 Å². The summed E-state index contributed by atoms with van der Waals surface area (Å²) in [6.45, 7) is 9.41. The molecule has 1 saturated heterocycles. The summed E-state index contributed by atoms with van der Waals surface area (Å²) in [5.41, 5.74) is 3.65. The third kappa shape index (κ3) is 4.07. The Kier molecular flexibility index (Phi) is 5.96. The van der Waals surface area contributed by atoms with Crippen LogP contribution in [0.2, 0.25) is 0 Å². The van der Waals surface area contributed by atoms with Gasteiger partial charge in [-0.2, -0.15) is 0 Å². The Morgan fingerprint density at radius 2 is 1.96 bits per heavy atom. The highest BCUT2D eigenvalue weighted by Gasteiger charge is 2.23. The van der Waals surface area contributed by atoms with Gasteiger partial charge in [0.25, 0.3) is 0 Å². The number of aromatic nitrogens is 2. The molecule has 0 amide bonds. The third-order valence-corrected chi connectivity index (χ3v) is 6.26. The molecule has 0 bridgehead atoms. The Balaban J connectivity index is 1.49. The average Bonchev–Trinajstić information content (AvgIpc) is 3.21. The van der Waals surface area contributed by atoms with Crippen LogP contribution in [-0.4, -0.2) is 54.2 Å².